The Labute approximate surface area is 114 Å². The molecule has 1 atom stereocenters. The topological polar surface area (TPSA) is 30.5 Å². The second-order valence-electron chi connectivity index (χ2n) is 5.12. The van der Waals surface area contributed by atoms with Crippen LogP contribution in [0.1, 0.15) is 36.9 Å². The zero-order valence-corrected chi connectivity index (χ0v) is 11.4. The van der Waals surface area contributed by atoms with Gasteiger partial charge in [-0.1, -0.05) is 19.1 Å². The molecule has 19 heavy (non-hydrogen) atoms. The highest BCUT2D eigenvalue weighted by atomic mass is 16.5. The Morgan fingerprint density at radius 1 is 1.26 bits per heavy atom. The third-order valence-electron chi connectivity index (χ3n) is 3.79. The molecule has 3 rings (SSSR count). The third-order valence-corrected chi connectivity index (χ3v) is 3.79. The molecule has 0 spiro atoms. The molecule has 0 radical (unpaired) electrons. The second kappa shape index (κ2) is 5.66. The lowest BCUT2D eigenvalue weighted by Gasteiger charge is -2.24. The van der Waals surface area contributed by atoms with Crippen molar-refractivity contribution in [3.05, 3.63) is 41.2 Å². The van der Waals surface area contributed by atoms with Crippen molar-refractivity contribution in [2.45, 2.75) is 32.2 Å². The van der Waals surface area contributed by atoms with E-state index < -0.39 is 0 Å². The Morgan fingerprint density at radius 2 is 2.21 bits per heavy atom. The van der Waals surface area contributed by atoms with E-state index in [9.17, 15) is 0 Å². The number of rotatable bonds is 4. The molecule has 2 aliphatic heterocycles. The van der Waals surface area contributed by atoms with Crippen LogP contribution in [0.15, 0.2) is 30.0 Å². The van der Waals surface area contributed by atoms with E-state index in [0.29, 0.717) is 0 Å². The summed E-state index contributed by atoms with van der Waals surface area (Å²) in [5.74, 6) is 1.05. The number of nitrogens with one attached hydrogen (secondary N) is 1. The summed E-state index contributed by atoms with van der Waals surface area (Å²) >= 11 is 0. The van der Waals surface area contributed by atoms with Gasteiger partial charge < -0.3 is 14.8 Å². The number of hydrogen-bond donors (Lipinski definition) is 1. The van der Waals surface area contributed by atoms with Crippen LogP contribution < -0.4 is 10.1 Å². The van der Waals surface area contributed by atoms with Crippen molar-refractivity contribution in [3.63, 3.8) is 0 Å². The minimum atomic E-state index is 0.274. The summed E-state index contributed by atoms with van der Waals surface area (Å²) in [6.45, 7) is 4.76. The maximum absolute atomic E-state index is 5.58. The number of fused-ring (bicyclic) bond motifs is 1. The fourth-order valence-electron chi connectivity index (χ4n) is 2.85. The lowest BCUT2D eigenvalue weighted by atomic mass is 9.93. The van der Waals surface area contributed by atoms with E-state index in [-0.39, 0.29) is 6.04 Å². The predicted octanol–water partition coefficient (Wildman–Crippen LogP) is 2.97. The standard InChI is InChI=1S/C16H21NO2/c1-2-17-16(14-4-3-8-18-11-14)13-5-6-15-12(10-13)7-9-19-15/h5-6,10-11,16-17H,2-4,7-9H2,1H3. The average Bonchev–Trinajstić information content (AvgIpc) is 2.93. The van der Waals surface area contributed by atoms with Crippen LogP contribution in [0.3, 0.4) is 0 Å². The van der Waals surface area contributed by atoms with Crippen LogP contribution in [0, 0.1) is 0 Å². The van der Waals surface area contributed by atoms with Crippen LogP contribution in [0.5, 0.6) is 5.75 Å². The van der Waals surface area contributed by atoms with Gasteiger partial charge in [0.2, 0.25) is 0 Å². The van der Waals surface area contributed by atoms with E-state index in [1.54, 1.807) is 0 Å². The van der Waals surface area contributed by atoms with Gasteiger partial charge in [-0.25, -0.2) is 0 Å². The molecular formula is C16H21NO2. The van der Waals surface area contributed by atoms with Gasteiger partial charge in [-0.2, -0.15) is 0 Å². The SMILES string of the molecule is CCNC(C1=COCCC1)c1ccc2c(c1)CCO2. The van der Waals surface area contributed by atoms with Crippen LogP contribution in [-0.2, 0) is 11.2 Å². The minimum absolute atomic E-state index is 0.274. The molecule has 0 aliphatic carbocycles. The summed E-state index contributed by atoms with van der Waals surface area (Å²) in [5.41, 5.74) is 4.01. The highest BCUT2D eigenvalue weighted by Gasteiger charge is 2.20. The monoisotopic (exact) mass is 259 g/mol. The fourth-order valence-corrected chi connectivity index (χ4v) is 2.85. The van der Waals surface area contributed by atoms with Gasteiger partial charge in [0.1, 0.15) is 5.75 Å². The number of benzene rings is 1. The van der Waals surface area contributed by atoms with Gasteiger partial charge in [0.15, 0.2) is 0 Å². The maximum atomic E-state index is 5.58. The molecule has 3 nitrogen and oxygen atoms in total. The van der Waals surface area contributed by atoms with Crippen molar-refractivity contribution in [3.8, 4) is 5.75 Å². The number of likely N-dealkylation sites (N-methyl/N-ethyl adjacent to an activating group) is 1. The van der Waals surface area contributed by atoms with Gasteiger partial charge in [0, 0.05) is 6.42 Å². The Kier molecular flexibility index (Phi) is 3.74. The number of hydrogen-bond acceptors (Lipinski definition) is 3. The van der Waals surface area contributed by atoms with Gasteiger partial charge in [-0.3, -0.25) is 0 Å². The van der Waals surface area contributed by atoms with Crippen molar-refractivity contribution < 1.29 is 9.47 Å². The molecule has 3 heteroatoms. The normalized spacial score (nSPS) is 19.1. The van der Waals surface area contributed by atoms with Crippen molar-refractivity contribution in [1.82, 2.24) is 5.32 Å². The molecule has 1 aromatic rings. The van der Waals surface area contributed by atoms with Crippen LogP contribution >= 0.6 is 0 Å². The second-order valence-corrected chi connectivity index (χ2v) is 5.12. The molecule has 1 N–H and O–H groups in total. The van der Waals surface area contributed by atoms with Crippen LogP contribution in [-0.4, -0.2) is 19.8 Å². The van der Waals surface area contributed by atoms with E-state index in [4.69, 9.17) is 9.47 Å². The van der Waals surface area contributed by atoms with E-state index in [1.807, 2.05) is 6.26 Å². The molecule has 0 saturated carbocycles. The maximum Gasteiger partial charge on any atom is 0.122 e. The quantitative estimate of drug-likeness (QED) is 0.901. The van der Waals surface area contributed by atoms with Crippen molar-refractivity contribution in [2.24, 2.45) is 0 Å². The highest BCUT2D eigenvalue weighted by molar-refractivity contribution is 5.42. The van der Waals surface area contributed by atoms with E-state index in [2.05, 4.69) is 30.4 Å². The van der Waals surface area contributed by atoms with Gasteiger partial charge >= 0.3 is 0 Å². The highest BCUT2D eigenvalue weighted by Crippen LogP contribution is 2.32. The summed E-state index contributed by atoms with van der Waals surface area (Å²) in [5, 5.41) is 3.57. The zero-order chi connectivity index (χ0) is 13.1. The molecule has 2 aliphatic rings. The predicted molar refractivity (Wildman–Crippen MR) is 75.3 cm³/mol. The lowest BCUT2D eigenvalue weighted by molar-refractivity contribution is 0.219. The molecule has 0 fully saturated rings. The lowest BCUT2D eigenvalue weighted by Crippen LogP contribution is -2.24. The first kappa shape index (κ1) is 12.5. The fraction of sp³-hybridized carbons (Fsp3) is 0.500. The molecular weight excluding hydrogens is 238 g/mol. The van der Waals surface area contributed by atoms with Gasteiger partial charge in [0.05, 0.1) is 25.5 Å². The first-order valence-corrected chi connectivity index (χ1v) is 7.18. The molecule has 1 aromatic carbocycles. The first-order valence-electron chi connectivity index (χ1n) is 7.18. The molecule has 0 saturated heterocycles. The van der Waals surface area contributed by atoms with E-state index >= 15 is 0 Å². The third kappa shape index (κ3) is 2.61. The average molecular weight is 259 g/mol. The van der Waals surface area contributed by atoms with Crippen molar-refractivity contribution in [2.75, 3.05) is 19.8 Å². The Morgan fingerprint density at radius 3 is 3.00 bits per heavy atom. The summed E-state index contributed by atoms with van der Waals surface area (Å²) < 4.78 is 11.1. The van der Waals surface area contributed by atoms with Crippen molar-refractivity contribution in [1.29, 1.82) is 0 Å². The molecule has 0 bridgehead atoms. The van der Waals surface area contributed by atoms with Crippen LogP contribution in [0.2, 0.25) is 0 Å². The summed E-state index contributed by atoms with van der Waals surface area (Å²) in [6, 6.07) is 6.83. The Hall–Kier alpha value is -1.48. The van der Waals surface area contributed by atoms with Gasteiger partial charge in [-0.15, -0.1) is 0 Å². The summed E-state index contributed by atoms with van der Waals surface area (Å²) in [6.07, 6.45) is 5.20. The van der Waals surface area contributed by atoms with Gasteiger partial charge in [0.25, 0.3) is 0 Å². The molecule has 1 unspecified atom stereocenters. The van der Waals surface area contributed by atoms with Crippen LogP contribution in [0.4, 0.5) is 0 Å². The van der Waals surface area contributed by atoms with E-state index in [1.165, 1.54) is 16.7 Å². The van der Waals surface area contributed by atoms with Gasteiger partial charge in [-0.05, 0) is 42.2 Å². The Balaban J connectivity index is 1.89. The summed E-state index contributed by atoms with van der Waals surface area (Å²) in [7, 11) is 0. The number of ether oxygens (including phenoxy) is 2. The smallest absolute Gasteiger partial charge is 0.122 e. The molecule has 0 aromatic heterocycles. The summed E-state index contributed by atoms with van der Waals surface area (Å²) in [4.78, 5) is 0. The molecule has 0 amide bonds. The molecule has 102 valence electrons. The first-order chi connectivity index (χ1) is 9.38. The van der Waals surface area contributed by atoms with Crippen LogP contribution in [0.25, 0.3) is 0 Å². The zero-order valence-electron chi connectivity index (χ0n) is 11.4. The largest absolute Gasteiger partial charge is 0.501 e. The van der Waals surface area contributed by atoms with E-state index in [0.717, 1.165) is 44.8 Å². The minimum Gasteiger partial charge on any atom is -0.501 e. The molecule has 2 heterocycles. The van der Waals surface area contributed by atoms with Crippen molar-refractivity contribution >= 4 is 0 Å². The Bertz CT molecular complexity index is 482.